The summed E-state index contributed by atoms with van der Waals surface area (Å²) in [6.07, 6.45) is 4.93. The van der Waals surface area contributed by atoms with Crippen LogP contribution in [0.3, 0.4) is 0 Å². The second-order valence-electron chi connectivity index (χ2n) is 6.74. The average Bonchev–Trinajstić information content (AvgIpc) is 3.23. The van der Waals surface area contributed by atoms with Crippen molar-refractivity contribution in [3.63, 3.8) is 0 Å². The number of nitrogens with one attached hydrogen (secondary N) is 1. The molecule has 6 nitrogen and oxygen atoms in total. The SMILES string of the molecule is COc1ccc(/C=C/C(=O)Nc2ccc(-c3ncc(C(C)C)o3)cc2)cc1OC. The Morgan fingerprint density at radius 1 is 1.07 bits per heavy atom. The van der Waals surface area contributed by atoms with Gasteiger partial charge in [0.15, 0.2) is 11.5 Å². The van der Waals surface area contributed by atoms with Crippen LogP contribution in [-0.2, 0) is 4.79 Å². The third-order valence-electron chi connectivity index (χ3n) is 4.33. The van der Waals surface area contributed by atoms with Gasteiger partial charge < -0.3 is 19.2 Å². The van der Waals surface area contributed by atoms with Crippen LogP contribution in [0.25, 0.3) is 17.5 Å². The first-order valence-corrected chi connectivity index (χ1v) is 9.27. The van der Waals surface area contributed by atoms with Crippen LogP contribution in [0.5, 0.6) is 11.5 Å². The van der Waals surface area contributed by atoms with Gasteiger partial charge >= 0.3 is 0 Å². The fourth-order valence-electron chi connectivity index (χ4n) is 2.70. The summed E-state index contributed by atoms with van der Waals surface area (Å²) in [7, 11) is 3.15. The minimum absolute atomic E-state index is 0.231. The summed E-state index contributed by atoms with van der Waals surface area (Å²) < 4.78 is 16.2. The Kier molecular flexibility index (Phi) is 6.34. The van der Waals surface area contributed by atoms with Gasteiger partial charge in [0, 0.05) is 23.2 Å². The number of rotatable bonds is 7. The molecule has 0 aliphatic carbocycles. The van der Waals surface area contributed by atoms with Crippen molar-refractivity contribution in [3.05, 3.63) is 66.1 Å². The highest BCUT2D eigenvalue weighted by molar-refractivity contribution is 6.02. The summed E-state index contributed by atoms with van der Waals surface area (Å²) in [6.45, 7) is 4.11. The van der Waals surface area contributed by atoms with Crippen molar-refractivity contribution in [1.29, 1.82) is 0 Å². The first-order valence-electron chi connectivity index (χ1n) is 9.27. The standard InChI is InChI=1S/C23H24N2O4/c1-15(2)21-14-24-23(29-21)17-7-9-18(10-8-17)25-22(26)12-6-16-5-11-19(27-3)20(13-16)28-4/h5-15H,1-4H3,(H,25,26)/b12-6+. The molecule has 1 aromatic heterocycles. The second-order valence-corrected chi connectivity index (χ2v) is 6.74. The van der Waals surface area contributed by atoms with E-state index < -0.39 is 0 Å². The van der Waals surface area contributed by atoms with Gasteiger partial charge in [0.25, 0.3) is 0 Å². The molecule has 1 N–H and O–H groups in total. The summed E-state index contributed by atoms with van der Waals surface area (Å²) >= 11 is 0. The summed E-state index contributed by atoms with van der Waals surface area (Å²) in [5.41, 5.74) is 2.38. The maximum Gasteiger partial charge on any atom is 0.248 e. The number of carbonyl (C=O) groups excluding carboxylic acids is 1. The number of carbonyl (C=O) groups is 1. The number of benzene rings is 2. The Morgan fingerprint density at radius 3 is 2.41 bits per heavy atom. The van der Waals surface area contributed by atoms with Gasteiger partial charge in [0.2, 0.25) is 11.8 Å². The maximum absolute atomic E-state index is 12.2. The van der Waals surface area contributed by atoms with Crippen LogP contribution < -0.4 is 14.8 Å². The lowest BCUT2D eigenvalue weighted by Crippen LogP contribution is -2.07. The topological polar surface area (TPSA) is 73.6 Å². The molecular weight excluding hydrogens is 368 g/mol. The highest BCUT2D eigenvalue weighted by atomic mass is 16.5. The predicted molar refractivity (Wildman–Crippen MR) is 113 cm³/mol. The molecule has 3 rings (SSSR count). The van der Waals surface area contributed by atoms with Gasteiger partial charge in [0.05, 0.1) is 20.4 Å². The molecule has 0 unspecified atom stereocenters. The van der Waals surface area contributed by atoms with Gasteiger partial charge in [-0.1, -0.05) is 19.9 Å². The van der Waals surface area contributed by atoms with Crippen LogP contribution in [0.1, 0.15) is 31.1 Å². The maximum atomic E-state index is 12.2. The number of methoxy groups -OCH3 is 2. The average molecular weight is 392 g/mol. The number of anilines is 1. The molecule has 0 saturated carbocycles. The molecule has 1 heterocycles. The van der Waals surface area contributed by atoms with E-state index in [1.165, 1.54) is 6.08 Å². The zero-order valence-electron chi connectivity index (χ0n) is 16.9. The van der Waals surface area contributed by atoms with Crippen molar-refractivity contribution >= 4 is 17.7 Å². The van der Waals surface area contributed by atoms with Crippen LogP contribution >= 0.6 is 0 Å². The van der Waals surface area contributed by atoms with Crippen LogP contribution in [0.4, 0.5) is 5.69 Å². The van der Waals surface area contributed by atoms with E-state index in [0.29, 0.717) is 23.1 Å². The number of ether oxygens (including phenoxy) is 2. The molecule has 0 spiro atoms. The van der Waals surface area contributed by atoms with Crippen LogP contribution in [0, 0.1) is 0 Å². The Balaban J connectivity index is 1.64. The number of nitrogens with zero attached hydrogens (tertiary/aromatic N) is 1. The van der Waals surface area contributed by atoms with Gasteiger partial charge in [-0.05, 0) is 48.0 Å². The predicted octanol–water partition coefficient (Wildman–Crippen LogP) is 5.13. The summed E-state index contributed by atoms with van der Waals surface area (Å²) in [5.74, 6) is 2.72. The highest BCUT2D eigenvalue weighted by Gasteiger charge is 2.09. The summed E-state index contributed by atoms with van der Waals surface area (Å²) in [4.78, 5) is 16.5. The Hall–Kier alpha value is -3.54. The van der Waals surface area contributed by atoms with Gasteiger partial charge in [0.1, 0.15) is 5.76 Å². The van der Waals surface area contributed by atoms with Crippen molar-refractivity contribution in [2.75, 3.05) is 19.5 Å². The molecule has 3 aromatic rings. The van der Waals surface area contributed by atoms with Gasteiger partial charge in [-0.2, -0.15) is 0 Å². The van der Waals surface area contributed by atoms with E-state index in [9.17, 15) is 4.79 Å². The van der Waals surface area contributed by atoms with Crippen molar-refractivity contribution in [2.24, 2.45) is 0 Å². The summed E-state index contributed by atoms with van der Waals surface area (Å²) in [6, 6.07) is 12.8. The van der Waals surface area contributed by atoms with Crippen LogP contribution in [-0.4, -0.2) is 25.1 Å². The van der Waals surface area contributed by atoms with E-state index in [4.69, 9.17) is 13.9 Å². The summed E-state index contributed by atoms with van der Waals surface area (Å²) in [5, 5.41) is 2.83. The molecule has 0 atom stereocenters. The molecule has 0 bridgehead atoms. The minimum atomic E-state index is -0.231. The molecule has 0 radical (unpaired) electrons. The Labute approximate surface area is 170 Å². The zero-order chi connectivity index (χ0) is 20.8. The number of oxazole rings is 1. The monoisotopic (exact) mass is 392 g/mol. The molecule has 6 heteroatoms. The van der Waals surface area contributed by atoms with Crippen molar-refractivity contribution in [3.8, 4) is 23.0 Å². The molecule has 150 valence electrons. The first kappa shape index (κ1) is 20.2. The largest absolute Gasteiger partial charge is 0.493 e. The lowest BCUT2D eigenvalue weighted by Gasteiger charge is -2.07. The fraction of sp³-hybridized carbons (Fsp3) is 0.217. The molecular formula is C23H24N2O4. The van der Waals surface area contributed by atoms with Crippen LogP contribution in [0.2, 0.25) is 0 Å². The van der Waals surface area contributed by atoms with Gasteiger partial charge in [-0.25, -0.2) is 4.98 Å². The van der Waals surface area contributed by atoms with E-state index in [-0.39, 0.29) is 11.8 Å². The van der Waals surface area contributed by atoms with E-state index in [1.807, 2.05) is 30.3 Å². The van der Waals surface area contributed by atoms with Crippen molar-refractivity contribution < 1.29 is 18.7 Å². The Morgan fingerprint density at radius 2 is 1.79 bits per heavy atom. The van der Waals surface area contributed by atoms with Crippen molar-refractivity contribution in [1.82, 2.24) is 4.98 Å². The molecule has 0 fully saturated rings. The minimum Gasteiger partial charge on any atom is -0.493 e. The van der Waals surface area contributed by atoms with Crippen LogP contribution in [0.15, 0.2) is 59.2 Å². The third kappa shape index (κ3) is 5.04. The quantitative estimate of drug-likeness (QED) is 0.564. The molecule has 29 heavy (non-hydrogen) atoms. The van der Waals surface area contributed by atoms with Gasteiger partial charge in [-0.3, -0.25) is 4.79 Å². The smallest absolute Gasteiger partial charge is 0.248 e. The van der Waals surface area contributed by atoms with E-state index >= 15 is 0 Å². The van der Waals surface area contributed by atoms with E-state index in [2.05, 4.69) is 24.1 Å². The fourth-order valence-corrected chi connectivity index (χ4v) is 2.70. The van der Waals surface area contributed by atoms with Gasteiger partial charge in [-0.15, -0.1) is 0 Å². The van der Waals surface area contributed by atoms with E-state index in [1.54, 1.807) is 38.6 Å². The van der Waals surface area contributed by atoms with Crippen molar-refractivity contribution in [2.45, 2.75) is 19.8 Å². The number of amides is 1. The number of hydrogen-bond acceptors (Lipinski definition) is 5. The molecule has 0 saturated heterocycles. The molecule has 0 aliphatic rings. The zero-order valence-corrected chi connectivity index (χ0v) is 16.9. The normalized spacial score (nSPS) is 11.1. The molecule has 0 aliphatic heterocycles. The highest BCUT2D eigenvalue weighted by Crippen LogP contribution is 2.28. The number of hydrogen-bond donors (Lipinski definition) is 1. The number of aromatic nitrogens is 1. The lowest BCUT2D eigenvalue weighted by atomic mass is 10.2. The third-order valence-corrected chi connectivity index (χ3v) is 4.33. The molecule has 2 aromatic carbocycles. The first-order chi connectivity index (χ1) is 14.0. The second kappa shape index (κ2) is 9.10. The Bertz CT molecular complexity index is 1000. The van der Waals surface area contributed by atoms with E-state index in [0.717, 1.165) is 16.9 Å². The molecule has 1 amide bonds. The lowest BCUT2D eigenvalue weighted by molar-refractivity contribution is -0.111.